The van der Waals surface area contributed by atoms with Gasteiger partial charge in [0.25, 0.3) is 5.91 Å². The number of rotatable bonds is 0. The fourth-order valence-corrected chi connectivity index (χ4v) is 0.485. The Morgan fingerprint density at radius 1 is 1.78 bits per heavy atom. The molecule has 3 N–H and O–H groups in total. The molecule has 0 spiro atoms. The van der Waals surface area contributed by atoms with E-state index in [0.29, 0.717) is 13.0 Å². The Kier molecular flexibility index (Phi) is 1.64. The van der Waals surface area contributed by atoms with Gasteiger partial charge in [-0.25, -0.2) is 0 Å². The largest absolute Gasteiger partial charge is 0.371 e. The summed E-state index contributed by atoms with van der Waals surface area (Å²) in [7, 11) is 0. The molecule has 0 aliphatic carbocycles. The van der Waals surface area contributed by atoms with Crippen molar-refractivity contribution in [1.29, 1.82) is 0 Å². The van der Waals surface area contributed by atoms with Crippen LogP contribution in [0.2, 0.25) is 0 Å². The van der Waals surface area contributed by atoms with Gasteiger partial charge in [0.2, 0.25) is 0 Å². The van der Waals surface area contributed by atoms with E-state index >= 15 is 0 Å². The summed E-state index contributed by atoms with van der Waals surface area (Å²) in [6.45, 7) is 0.461. The molecule has 9 heavy (non-hydrogen) atoms. The molecule has 50 valence electrons. The maximum absolute atomic E-state index is 10.5. The van der Waals surface area contributed by atoms with Crippen LogP contribution in [0.5, 0.6) is 0 Å². The van der Waals surface area contributed by atoms with Gasteiger partial charge in [-0.15, -0.1) is 0 Å². The van der Waals surface area contributed by atoms with Crippen molar-refractivity contribution >= 4 is 11.9 Å². The number of carbonyl (C=O) groups excluding carboxylic acids is 1. The van der Waals surface area contributed by atoms with Crippen molar-refractivity contribution in [2.75, 3.05) is 6.54 Å². The Balaban J connectivity index is 2.59. The highest BCUT2D eigenvalue weighted by Crippen LogP contribution is 1.87. The number of nitrogens with one attached hydrogen (secondary N) is 1. The van der Waals surface area contributed by atoms with Crippen molar-refractivity contribution in [1.82, 2.24) is 5.48 Å². The molecule has 0 bridgehead atoms. The van der Waals surface area contributed by atoms with E-state index in [2.05, 4.69) is 15.3 Å². The fourth-order valence-electron chi connectivity index (χ4n) is 0.485. The van der Waals surface area contributed by atoms with E-state index in [-0.39, 0.29) is 11.9 Å². The van der Waals surface area contributed by atoms with Gasteiger partial charge in [0.05, 0.1) is 0 Å². The molecule has 5 nitrogen and oxygen atoms in total. The van der Waals surface area contributed by atoms with Gasteiger partial charge in [0.1, 0.15) is 0 Å². The Morgan fingerprint density at radius 3 is 3.33 bits per heavy atom. The SMILES string of the molecule is NC1=NC(=O)CCNO1. The third kappa shape index (κ3) is 1.69. The van der Waals surface area contributed by atoms with E-state index in [1.165, 1.54) is 0 Å². The minimum absolute atomic E-state index is 0.113. The van der Waals surface area contributed by atoms with Crippen molar-refractivity contribution in [3.8, 4) is 0 Å². The maximum atomic E-state index is 10.5. The summed E-state index contributed by atoms with van der Waals surface area (Å²) >= 11 is 0. The van der Waals surface area contributed by atoms with Gasteiger partial charge >= 0.3 is 6.02 Å². The Labute approximate surface area is 51.8 Å². The van der Waals surface area contributed by atoms with Gasteiger partial charge < -0.3 is 10.6 Å². The van der Waals surface area contributed by atoms with Crippen LogP contribution in [0.3, 0.4) is 0 Å². The molecule has 1 aliphatic heterocycles. The molecule has 1 aliphatic rings. The lowest BCUT2D eigenvalue weighted by molar-refractivity contribution is -0.117. The molecule has 0 saturated heterocycles. The number of aliphatic imine (C=N–C) groups is 1. The van der Waals surface area contributed by atoms with Gasteiger partial charge in [-0.2, -0.15) is 10.5 Å². The molecule has 0 fully saturated rings. The smallest absolute Gasteiger partial charge is 0.309 e. The van der Waals surface area contributed by atoms with Crippen LogP contribution in [-0.4, -0.2) is 18.5 Å². The minimum atomic E-state index is -0.252. The van der Waals surface area contributed by atoms with E-state index < -0.39 is 0 Å². The van der Waals surface area contributed by atoms with Crippen LogP contribution in [0.25, 0.3) is 0 Å². The first-order valence-electron chi connectivity index (χ1n) is 2.56. The van der Waals surface area contributed by atoms with Crippen LogP contribution >= 0.6 is 0 Å². The Hall–Kier alpha value is -1.10. The summed E-state index contributed by atoms with van der Waals surface area (Å²) in [5, 5.41) is 0. The van der Waals surface area contributed by atoms with Gasteiger partial charge in [-0.1, -0.05) is 0 Å². The number of hydroxylamine groups is 1. The second-order valence-electron chi connectivity index (χ2n) is 1.59. The summed E-state index contributed by atoms with van der Waals surface area (Å²) in [4.78, 5) is 18.4. The van der Waals surface area contributed by atoms with Gasteiger partial charge in [-0.3, -0.25) is 4.79 Å². The van der Waals surface area contributed by atoms with E-state index in [4.69, 9.17) is 5.73 Å². The van der Waals surface area contributed by atoms with Crippen molar-refractivity contribution in [3.63, 3.8) is 0 Å². The monoisotopic (exact) mass is 129 g/mol. The number of hydrogen-bond acceptors (Lipinski definition) is 4. The summed E-state index contributed by atoms with van der Waals surface area (Å²) in [5.74, 6) is -0.252. The molecule has 0 radical (unpaired) electrons. The molecule has 1 rings (SSSR count). The highest BCUT2D eigenvalue weighted by molar-refractivity contribution is 5.89. The Bertz CT molecular complexity index is 154. The van der Waals surface area contributed by atoms with Gasteiger partial charge in [-0.05, 0) is 0 Å². The molecular weight excluding hydrogens is 122 g/mol. The molecule has 0 aromatic rings. The predicted octanol–water partition coefficient (Wildman–Crippen LogP) is -1.25. The summed E-state index contributed by atoms with van der Waals surface area (Å²) in [6, 6.07) is -0.113. The van der Waals surface area contributed by atoms with Gasteiger partial charge in [0, 0.05) is 13.0 Å². The van der Waals surface area contributed by atoms with Crippen LogP contribution in [0.1, 0.15) is 6.42 Å². The van der Waals surface area contributed by atoms with Crippen molar-refractivity contribution in [2.24, 2.45) is 10.7 Å². The van der Waals surface area contributed by atoms with Gasteiger partial charge in [0.15, 0.2) is 0 Å². The van der Waals surface area contributed by atoms with Crippen molar-refractivity contribution in [3.05, 3.63) is 0 Å². The van der Waals surface area contributed by atoms with Crippen LogP contribution in [0.15, 0.2) is 4.99 Å². The second-order valence-corrected chi connectivity index (χ2v) is 1.59. The molecule has 0 aromatic carbocycles. The lowest BCUT2D eigenvalue weighted by Gasteiger charge is -1.96. The van der Waals surface area contributed by atoms with E-state index in [9.17, 15) is 4.79 Å². The fraction of sp³-hybridized carbons (Fsp3) is 0.500. The number of nitrogens with zero attached hydrogens (tertiary/aromatic N) is 1. The zero-order chi connectivity index (χ0) is 6.69. The van der Waals surface area contributed by atoms with E-state index in [1.54, 1.807) is 0 Å². The molecule has 0 aromatic heterocycles. The average molecular weight is 129 g/mol. The standard InChI is InChI=1S/C4H7N3O2/c5-4-7-3(8)1-2-6-9-4/h6H,1-2H2,(H2,5,7,8). The number of hydrogen-bond donors (Lipinski definition) is 2. The Morgan fingerprint density at radius 2 is 2.56 bits per heavy atom. The zero-order valence-electron chi connectivity index (χ0n) is 4.76. The van der Waals surface area contributed by atoms with Crippen LogP contribution in [-0.2, 0) is 9.63 Å². The average Bonchev–Trinajstić information content (AvgIpc) is 1.93. The number of carbonyl (C=O) groups is 1. The molecule has 0 atom stereocenters. The highest BCUT2D eigenvalue weighted by atomic mass is 16.7. The van der Waals surface area contributed by atoms with Crippen LogP contribution in [0.4, 0.5) is 0 Å². The lowest BCUT2D eigenvalue weighted by Crippen LogP contribution is -2.24. The predicted molar refractivity (Wildman–Crippen MR) is 30.3 cm³/mol. The van der Waals surface area contributed by atoms with Crippen molar-refractivity contribution < 1.29 is 9.63 Å². The summed E-state index contributed by atoms with van der Waals surface area (Å²) in [6.07, 6.45) is 0.334. The summed E-state index contributed by atoms with van der Waals surface area (Å²) < 4.78 is 0. The number of amides is 1. The zero-order valence-corrected chi connectivity index (χ0v) is 4.76. The first kappa shape index (κ1) is 6.03. The first-order chi connectivity index (χ1) is 4.29. The minimum Gasteiger partial charge on any atom is -0.371 e. The molecule has 0 unspecified atom stereocenters. The van der Waals surface area contributed by atoms with E-state index in [1.807, 2.05) is 0 Å². The highest BCUT2D eigenvalue weighted by Gasteiger charge is 2.05. The normalized spacial score (nSPS) is 20.0. The van der Waals surface area contributed by atoms with Crippen molar-refractivity contribution in [2.45, 2.75) is 6.42 Å². The molecule has 1 heterocycles. The topological polar surface area (TPSA) is 76.7 Å². The number of nitrogens with two attached hydrogens (primary N) is 1. The second kappa shape index (κ2) is 2.45. The third-order valence-corrected chi connectivity index (χ3v) is 0.853. The summed E-state index contributed by atoms with van der Waals surface area (Å²) in [5.41, 5.74) is 7.52. The quantitative estimate of drug-likeness (QED) is 0.428. The maximum Gasteiger partial charge on any atom is 0.309 e. The molecule has 5 heteroatoms. The number of amidine groups is 1. The molecule has 0 saturated carbocycles. The van der Waals surface area contributed by atoms with Crippen LogP contribution in [0, 0.1) is 0 Å². The molecular formula is C4H7N3O2. The van der Waals surface area contributed by atoms with Crippen LogP contribution < -0.4 is 11.2 Å². The lowest BCUT2D eigenvalue weighted by atomic mass is 10.4. The molecule has 1 amide bonds. The first-order valence-corrected chi connectivity index (χ1v) is 2.56. The third-order valence-electron chi connectivity index (χ3n) is 0.853. The van der Waals surface area contributed by atoms with E-state index in [0.717, 1.165) is 0 Å².